The second-order valence-electron chi connectivity index (χ2n) is 7.36. The van der Waals surface area contributed by atoms with Crippen molar-refractivity contribution in [2.45, 2.75) is 12.5 Å². The third-order valence-corrected chi connectivity index (χ3v) is 5.80. The van der Waals surface area contributed by atoms with Gasteiger partial charge in [-0.15, -0.1) is 0 Å². The number of methoxy groups -OCH3 is 2. The number of ether oxygens (including phenoxy) is 2. The first-order chi connectivity index (χ1) is 14.7. The molecule has 30 heavy (non-hydrogen) atoms. The van der Waals surface area contributed by atoms with Gasteiger partial charge in [-0.3, -0.25) is 0 Å². The number of aromatic nitrogens is 5. The lowest BCUT2D eigenvalue weighted by Gasteiger charge is -2.27. The molecule has 0 aliphatic carbocycles. The molecule has 0 bridgehead atoms. The van der Waals surface area contributed by atoms with Gasteiger partial charge in [0.25, 0.3) is 0 Å². The molecule has 1 atom stereocenters. The minimum Gasteiger partial charge on any atom is -0.493 e. The van der Waals surface area contributed by atoms with E-state index in [0.29, 0.717) is 17.5 Å². The summed E-state index contributed by atoms with van der Waals surface area (Å²) < 4.78 is 10.9. The molecule has 3 aromatic heterocycles. The summed E-state index contributed by atoms with van der Waals surface area (Å²) in [6, 6.07) is 6.15. The van der Waals surface area contributed by atoms with Crippen LogP contribution in [0.15, 0.2) is 37.1 Å². The Morgan fingerprint density at radius 1 is 1.03 bits per heavy atom. The van der Waals surface area contributed by atoms with Crippen LogP contribution in [0, 0.1) is 0 Å². The summed E-state index contributed by atoms with van der Waals surface area (Å²) in [4.78, 5) is 25.5. The summed E-state index contributed by atoms with van der Waals surface area (Å²) in [6.07, 6.45) is 6.12. The second kappa shape index (κ2) is 7.33. The first-order valence-corrected chi connectivity index (χ1v) is 9.82. The van der Waals surface area contributed by atoms with Crippen molar-refractivity contribution in [2.75, 3.05) is 44.2 Å². The van der Waals surface area contributed by atoms with Gasteiger partial charge in [-0.25, -0.2) is 19.9 Å². The van der Waals surface area contributed by atoms with E-state index in [1.807, 2.05) is 24.4 Å². The minimum absolute atomic E-state index is 0.292. The Kier molecular flexibility index (Phi) is 4.50. The van der Waals surface area contributed by atoms with E-state index in [9.17, 15) is 0 Å². The molecule has 154 valence electrons. The molecule has 1 N–H and O–H groups in total. The maximum Gasteiger partial charge on any atom is 0.162 e. The largest absolute Gasteiger partial charge is 0.493 e. The first kappa shape index (κ1) is 18.4. The number of anilines is 2. The fraction of sp³-hybridized carbons (Fsp3) is 0.333. The zero-order chi connectivity index (χ0) is 20.7. The van der Waals surface area contributed by atoms with Crippen molar-refractivity contribution in [1.29, 1.82) is 0 Å². The highest BCUT2D eigenvalue weighted by atomic mass is 16.5. The first-order valence-electron chi connectivity index (χ1n) is 9.82. The SMILES string of the molecule is COc1cc2ncnc(N(C)[C@@H]3CCN(c4ncnc5[nH]ccc45)C3)c2cc1OC. The van der Waals surface area contributed by atoms with Crippen LogP contribution in [0.5, 0.6) is 11.5 Å². The maximum absolute atomic E-state index is 5.49. The molecule has 1 aliphatic heterocycles. The van der Waals surface area contributed by atoms with Gasteiger partial charge in [-0.1, -0.05) is 0 Å². The van der Waals surface area contributed by atoms with E-state index >= 15 is 0 Å². The van der Waals surface area contributed by atoms with Crippen molar-refractivity contribution < 1.29 is 9.47 Å². The Hall–Kier alpha value is -3.62. The molecule has 1 fully saturated rings. The van der Waals surface area contributed by atoms with Gasteiger partial charge >= 0.3 is 0 Å². The highest BCUT2D eigenvalue weighted by molar-refractivity contribution is 5.92. The number of nitrogens with one attached hydrogen (secondary N) is 1. The summed E-state index contributed by atoms with van der Waals surface area (Å²) in [7, 11) is 5.34. The van der Waals surface area contributed by atoms with E-state index in [0.717, 1.165) is 53.1 Å². The van der Waals surface area contributed by atoms with Gasteiger partial charge in [0, 0.05) is 43.8 Å². The summed E-state index contributed by atoms with van der Waals surface area (Å²) in [5.41, 5.74) is 1.68. The molecule has 1 aromatic carbocycles. The smallest absolute Gasteiger partial charge is 0.162 e. The Morgan fingerprint density at radius 3 is 2.67 bits per heavy atom. The van der Waals surface area contributed by atoms with Crippen molar-refractivity contribution in [3.8, 4) is 11.5 Å². The van der Waals surface area contributed by atoms with Gasteiger partial charge in [0.2, 0.25) is 0 Å². The van der Waals surface area contributed by atoms with Crippen LogP contribution in [-0.4, -0.2) is 65.3 Å². The zero-order valence-electron chi connectivity index (χ0n) is 17.2. The molecule has 0 spiro atoms. The number of H-pyrrole nitrogens is 1. The Balaban J connectivity index is 1.46. The van der Waals surface area contributed by atoms with Crippen LogP contribution >= 0.6 is 0 Å². The molecule has 0 amide bonds. The summed E-state index contributed by atoms with van der Waals surface area (Å²) in [6.45, 7) is 1.78. The molecule has 9 heteroatoms. The van der Waals surface area contributed by atoms with Gasteiger partial charge in [0.05, 0.1) is 25.1 Å². The van der Waals surface area contributed by atoms with E-state index in [1.165, 1.54) is 0 Å². The number of benzene rings is 1. The van der Waals surface area contributed by atoms with Gasteiger partial charge in [-0.05, 0) is 18.6 Å². The lowest BCUT2D eigenvalue weighted by molar-refractivity contribution is 0.356. The van der Waals surface area contributed by atoms with Gasteiger partial charge < -0.3 is 24.3 Å². The van der Waals surface area contributed by atoms with Crippen molar-refractivity contribution in [3.63, 3.8) is 0 Å². The number of rotatable bonds is 5. The van der Waals surface area contributed by atoms with Crippen molar-refractivity contribution in [1.82, 2.24) is 24.9 Å². The van der Waals surface area contributed by atoms with Crippen molar-refractivity contribution in [3.05, 3.63) is 37.1 Å². The molecule has 0 radical (unpaired) electrons. The highest BCUT2D eigenvalue weighted by Crippen LogP contribution is 2.36. The number of likely N-dealkylation sites (N-methyl/N-ethyl adjacent to an activating group) is 1. The van der Waals surface area contributed by atoms with Crippen LogP contribution < -0.4 is 19.3 Å². The van der Waals surface area contributed by atoms with Gasteiger partial charge in [0.15, 0.2) is 11.5 Å². The predicted octanol–water partition coefficient (Wildman–Crippen LogP) is 2.63. The third-order valence-electron chi connectivity index (χ3n) is 5.80. The van der Waals surface area contributed by atoms with Crippen molar-refractivity contribution >= 4 is 33.6 Å². The monoisotopic (exact) mass is 405 g/mol. The average Bonchev–Trinajstić information content (AvgIpc) is 3.46. The summed E-state index contributed by atoms with van der Waals surface area (Å²) in [5, 5.41) is 1.98. The quantitative estimate of drug-likeness (QED) is 0.542. The highest BCUT2D eigenvalue weighted by Gasteiger charge is 2.29. The molecule has 1 saturated heterocycles. The Morgan fingerprint density at radius 2 is 1.83 bits per heavy atom. The van der Waals surface area contributed by atoms with Crippen LogP contribution in [0.4, 0.5) is 11.6 Å². The molecule has 5 rings (SSSR count). The van der Waals surface area contributed by atoms with Crippen LogP contribution in [0.2, 0.25) is 0 Å². The number of hydrogen-bond donors (Lipinski definition) is 1. The Bertz CT molecular complexity index is 1210. The van der Waals surface area contributed by atoms with E-state index in [2.05, 4.69) is 41.8 Å². The van der Waals surface area contributed by atoms with Gasteiger partial charge in [0.1, 0.15) is 29.9 Å². The molecule has 0 unspecified atom stereocenters. The van der Waals surface area contributed by atoms with E-state index in [1.54, 1.807) is 26.9 Å². The third kappa shape index (κ3) is 2.94. The predicted molar refractivity (Wildman–Crippen MR) is 116 cm³/mol. The minimum atomic E-state index is 0.292. The second-order valence-corrected chi connectivity index (χ2v) is 7.36. The molecular weight excluding hydrogens is 382 g/mol. The fourth-order valence-electron chi connectivity index (χ4n) is 4.18. The maximum atomic E-state index is 5.49. The molecule has 4 aromatic rings. The van der Waals surface area contributed by atoms with Crippen LogP contribution in [0.1, 0.15) is 6.42 Å². The molecule has 0 saturated carbocycles. The topological polar surface area (TPSA) is 92.3 Å². The standard InChI is InChI=1S/C21H23N7O2/c1-27(20-15-8-17(29-2)18(30-3)9-16(15)23-11-25-20)13-5-7-28(10-13)21-14-4-6-22-19(14)24-12-26-21/h4,6,8-9,11-13H,5,7,10H2,1-3H3,(H,22,24,26)/t13-/m1/s1. The normalized spacial score (nSPS) is 16.4. The lowest BCUT2D eigenvalue weighted by atomic mass is 10.1. The number of nitrogens with zero attached hydrogens (tertiary/aromatic N) is 6. The molecular formula is C21H23N7O2. The summed E-state index contributed by atoms with van der Waals surface area (Å²) >= 11 is 0. The fourth-order valence-corrected chi connectivity index (χ4v) is 4.18. The van der Waals surface area contributed by atoms with Crippen molar-refractivity contribution in [2.24, 2.45) is 0 Å². The van der Waals surface area contributed by atoms with E-state index in [4.69, 9.17) is 9.47 Å². The molecule has 1 aliphatic rings. The zero-order valence-corrected chi connectivity index (χ0v) is 17.2. The Labute approximate surface area is 173 Å². The average molecular weight is 405 g/mol. The lowest BCUT2D eigenvalue weighted by Crippen LogP contribution is -2.35. The van der Waals surface area contributed by atoms with Crippen LogP contribution in [0.3, 0.4) is 0 Å². The van der Waals surface area contributed by atoms with E-state index in [-0.39, 0.29) is 0 Å². The van der Waals surface area contributed by atoms with Gasteiger partial charge in [-0.2, -0.15) is 0 Å². The molecule has 4 heterocycles. The number of aromatic amines is 1. The van der Waals surface area contributed by atoms with Crippen LogP contribution in [0.25, 0.3) is 21.9 Å². The number of hydrogen-bond acceptors (Lipinski definition) is 8. The van der Waals surface area contributed by atoms with E-state index < -0.39 is 0 Å². The molecule has 9 nitrogen and oxygen atoms in total. The summed E-state index contributed by atoms with van der Waals surface area (Å²) in [5.74, 6) is 3.17. The van der Waals surface area contributed by atoms with Crippen LogP contribution in [-0.2, 0) is 0 Å². The number of fused-ring (bicyclic) bond motifs is 2.